The van der Waals surface area contributed by atoms with E-state index < -0.39 is 11.8 Å². The minimum absolute atomic E-state index is 0.0364. The normalized spacial score (nSPS) is 10.8. The maximum Gasteiger partial charge on any atom is 0.331 e. The highest BCUT2D eigenvalue weighted by Crippen LogP contribution is 2.14. The van der Waals surface area contributed by atoms with Gasteiger partial charge in [-0.25, -0.2) is 9.18 Å². The summed E-state index contributed by atoms with van der Waals surface area (Å²) in [5.41, 5.74) is 0. The molecule has 1 aromatic carbocycles. The van der Waals surface area contributed by atoms with E-state index in [1.807, 2.05) is 6.92 Å². The predicted octanol–water partition coefficient (Wildman–Crippen LogP) is 3.36. The first-order valence-electron chi connectivity index (χ1n) is 6.44. The van der Waals surface area contributed by atoms with Crippen molar-refractivity contribution in [2.75, 3.05) is 13.2 Å². The van der Waals surface area contributed by atoms with Crippen LogP contribution in [0.2, 0.25) is 0 Å². The zero-order valence-electron chi connectivity index (χ0n) is 11.5. The van der Waals surface area contributed by atoms with Crippen LogP contribution in [0.1, 0.15) is 11.5 Å². The minimum Gasteiger partial charge on any atom is -0.487 e. The van der Waals surface area contributed by atoms with Crippen molar-refractivity contribution in [2.45, 2.75) is 6.92 Å². The van der Waals surface area contributed by atoms with E-state index in [4.69, 9.17) is 13.9 Å². The van der Waals surface area contributed by atoms with Gasteiger partial charge in [0.2, 0.25) is 0 Å². The van der Waals surface area contributed by atoms with Crippen LogP contribution in [0.3, 0.4) is 0 Å². The van der Waals surface area contributed by atoms with Gasteiger partial charge in [0.1, 0.15) is 24.7 Å². The molecule has 110 valence electrons. The molecule has 0 saturated heterocycles. The van der Waals surface area contributed by atoms with Crippen LogP contribution in [-0.4, -0.2) is 19.2 Å². The zero-order valence-corrected chi connectivity index (χ0v) is 11.5. The van der Waals surface area contributed by atoms with Crippen LogP contribution in [0.25, 0.3) is 6.08 Å². The molecule has 0 aliphatic heterocycles. The van der Waals surface area contributed by atoms with E-state index in [1.165, 1.54) is 24.3 Å². The molecule has 0 aliphatic rings. The molecule has 2 aromatic rings. The Morgan fingerprint density at radius 1 is 1.24 bits per heavy atom. The number of furan rings is 1. The van der Waals surface area contributed by atoms with Gasteiger partial charge in [-0.1, -0.05) is 12.1 Å². The van der Waals surface area contributed by atoms with Crippen LogP contribution in [0.5, 0.6) is 5.75 Å². The molecule has 0 radical (unpaired) electrons. The Balaban J connectivity index is 1.70. The Labute approximate surface area is 121 Å². The summed E-state index contributed by atoms with van der Waals surface area (Å²) in [4.78, 5) is 11.4. The second-order valence-corrected chi connectivity index (χ2v) is 4.23. The molecule has 5 heteroatoms. The SMILES string of the molecule is Cc1ccc(/C=C/C(=O)OCCOc2ccccc2F)o1. The third kappa shape index (κ3) is 4.80. The maximum absolute atomic E-state index is 13.2. The number of rotatable bonds is 6. The second-order valence-electron chi connectivity index (χ2n) is 4.23. The van der Waals surface area contributed by atoms with Crippen LogP contribution < -0.4 is 4.74 Å². The van der Waals surface area contributed by atoms with Crippen molar-refractivity contribution in [1.29, 1.82) is 0 Å². The Kier molecular flexibility index (Phi) is 5.15. The van der Waals surface area contributed by atoms with Crippen LogP contribution in [0, 0.1) is 12.7 Å². The lowest BCUT2D eigenvalue weighted by Crippen LogP contribution is -2.10. The maximum atomic E-state index is 13.2. The molecule has 0 spiro atoms. The fraction of sp³-hybridized carbons (Fsp3) is 0.188. The Morgan fingerprint density at radius 3 is 2.76 bits per heavy atom. The van der Waals surface area contributed by atoms with Crippen LogP contribution >= 0.6 is 0 Å². The molecule has 1 heterocycles. The fourth-order valence-corrected chi connectivity index (χ4v) is 1.60. The highest BCUT2D eigenvalue weighted by molar-refractivity contribution is 5.86. The summed E-state index contributed by atoms with van der Waals surface area (Å²) in [6.07, 6.45) is 2.79. The van der Waals surface area contributed by atoms with E-state index in [-0.39, 0.29) is 19.0 Å². The molecule has 4 nitrogen and oxygen atoms in total. The summed E-state index contributed by atoms with van der Waals surface area (Å²) in [5.74, 6) is 0.515. The fourth-order valence-electron chi connectivity index (χ4n) is 1.60. The second kappa shape index (κ2) is 7.28. The summed E-state index contributed by atoms with van der Waals surface area (Å²) < 4.78 is 28.6. The summed E-state index contributed by atoms with van der Waals surface area (Å²) in [5, 5.41) is 0. The third-order valence-corrected chi connectivity index (χ3v) is 2.57. The number of carbonyl (C=O) groups is 1. The van der Waals surface area contributed by atoms with Crippen molar-refractivity contribution in [3.05, 3.63) is 59.8 Å². The molecule has 0 N–H and O–H groups in total. The van der Waals surface area contributed by atoms with Crippen molar-refractivity contribution in [1.82, 2.24) is 0 Å². The van der Waals surface area contributed by atoms with E-state index in [1.54, 1.807) is 24.3 Å². The molecule has 0 aliphatic carbocycles. The number of para-hydroxylation sites is 1. The molecule has 21 heavy (non-hydrogen) atoms. The number of hydrogen-bond donors (Lipinski definition) is 0. The van der Waals surface area contributed by atoms with Gasteiger partial charge in [0.05, 0.1) is 0 Å². The molecule has 2 rings (SSSR count). The van der Waals surface area contributed by atoms with Gasteiger partial charge in [0.15, 0.2) is 11.6 Å². The third-order valence-electron chi connectivity index (χ3n) is 2.57. The Bertz CT molecular complexity index is 631. The average Bonchev–Trinajstić information content (AvgIpc) is 2.89. The standard InChI is InChI=1S/C16H15FO4/c1-12-6-7-13(21-12)8-9-16(18)20-11-10-19-15-5-3-2-4-14(15)17/h2-9H,10-11H2,1H3/b9-8+. The number of ether oxygens (including phenoxy) is 2. The first-order valence-corrected chi connectivity index (χ1v) is 6.44. The van der Waals surface area contributed by atoms with Gasteiger partial charge in [0, 0.05) is 6.08 Å². The lowest BCUT2D eigenvalue weighted by molar-refractivity contribution is -0.138. The Hall–Kier alpha value is -2.56. The number of benzene rings is 1. The first kappa shape index (κ1) is 14.8. The van der Waals surface area contributed by atoms with Crippen LogP contribution in [0.15, 0.2) is 46.9 Å². The topological polar surface area (TPSA) is 48.7 Å². The van der Waals surface area contributed by atoms with Gasteiger partial charge in [-0.3, -0.25) is 0 Å². The number of halogens is 1. The van der Waals surface area contributed by atoms with Crippen LogP contribution in [0.4, 0.5) is 4.39 Å². The van der Waals surface area contributed by atoms with E-state index in [0.717, 1.165) is 5.76 Å². The smallest absolute Gasteiger partial charge is 0.331 e. The van der Waals surface area contributed by atoms with Gasteiger partial charge < -0.3 is 13.9 Å². The van der Waals surface area contributed by atoms with Crippen molar-refractivity contribution in [2.24, 2.45) is 0 Å². The Morgan fingerprint density at radius 2 is 2.05 bits per heavy atom. The molecular formula is C16H15FO4. The van der Waals surface area contributed by atoms with Gasteiger partial charge in [-0.2, -0.15) is 0 Å². The monoisotopic (exact) mass is 290 g/mol. The van der Waals surface area contributed by atoms with Gasteiger partial charge in [0.25, 0.3) is 0 Å². The molecular weight excluding hydrogens is 275 g/mol. The number of esters is 1. The lowest BCUT2D eigenvalue weighted by atomic mass is 10.3. The molecule has 0 saturated carbocycles. The summed E-state index contributed by atoms with van der Waals surface area (Å²) in [7, 11) is 0. The number of hydrogen-bond acceptors (Lipinski definition) is 4. The molecule has 1 aromatic heterocycles. The lowest BCUT2D eigenvalue weighted by Gasteiger charge is -2.06. The van der Waals surface area contributed by atoms with Crippen molar-refractivity contribution in [3.8, 4) is 5.75 Å². The number of carbonyl (C=O) groups excluding carboxylic acids is 1. The average molecular weight is 290 g/mol. The largest absolute Gasteiger partial charge is 0.487 e. The van der Waals surface area contributed by atoms with Crippen molar-refractivity contribution < 1.29 is 23.1 Å². The summed E-state index contributed by atoms with van der Waals surface area (Å²) in [6, 6.07) is 9.60. The van der Waals surface area contributed by atoms with Crippen molar-refractivity contribution in [3.63, 3.8) is 0 Å². The molecule has 0 atom stereocenters. The highest BCUT2D eigenvalue weighted by Gasteiger charge is 2.02. The van der Waals surface area contributed by atoms with E-state index in [9.17, 15) is 9.18 Å². The highest BCUT2D eigenvalue weighted by atomic mass is 19.1. The van der Waals surface area contributed by atoms with Gasteiger partial charge >= 0.3 is 5.97 Å². The summed E-state index contributed by atoms with van der Waals surface area (Å²) >= 11 is 0. The molecule has 0 amide bonds. The van der Waals surface area contributed by atoms with E-state index >= 15 is 0 Å². The van der Waals surface area contributed by atoms with Gasteiger partial charge in [-0.15, -0.1) is 0 Å². The molecule has 0 unspecified atom stereocenters. The first-order chi connectivity index (χ1) is 10.1. The molecule has 0 bridgehead atoms. The number of aryl methyl sites for hydroxylation is 1. The molecule has 0 fully saturated rings. The van der Waals surface area contributed by atoms with E-state index in [0.29, 0.717) is 5.76 Å². The van der Waals surface area contributed by atoms with Crippen LogP contribution in [-0.2, 0) is 9.53 Å². The van der Waals surface area contributed by atoms with Crippen molar-refractivity contribution >= 4 is 12.0 Å². The quantitative estimate of drug-likeness (QED) is 0.465. The summed E-state index contributed by atoms with van der Waals surface area (Å²) in [6.45, 7) is 1.94. The predicted molar refractivity (Wildman–Crippen MR) is 75.3 cm³/mol. The minimum atomic E-state index is -0.513. The van der Waals surface area contributed by atoms with Gasteiger partial charge in [-0.05, 0) is 37.3 Å². The van der Waals surface area contributed by atoms with E-state index in [2.05, 4.69) is 0 Å². The zero-order chi connectivity index (χ0) is 15.1.